The molecule has 2 aliphatic heterocycles. The van der Waals surface area contributed by atoms with E-state index < -0.39 is 23.5 Å². The number of urea groups is 2. The van der Waals surface area contributed by atoms with Crippen molar-refractivity contribution < 1.29 is 24.0 Å². The fourth-order valence-electron chi connectivity index (χ4n) is 3.15. The van der Waals surface area contributed by atoms with E-state index in [0.717, 1.165) is 15.9 Å². The number of carbonyl (C=O) groups excluding carboxylic acids is 2. The van der Waals surface area contributed by atoms with Crippen molar-refractivity contribution in [2.75, 3.05) is 19.0 Å². The molecule has 0 aromatic heterocycles. The topological polar surface area (TPSA) is 98.0 Å². The molecule has 1 fully saturated rings. The molecular weight excluding hydrogens is 417 g/mol. The van der Waals surface area contributed by atoms with Gasteiger partial charge in [0.05, 0.1) is 16.4 Å². The third kappa shape index (κ3) is 3.20. The van der Waals surface area contributed by atoms with Crippen LogP contribution in [0.15, 0.2) is 40.6 Å². The third-order valence-electron chi connectivity index (χ3n) is 5.12. The fourth-order valence-corrected chi connectivity index (χ4v) is 3.40. The lowest BCUT2D eigenvalue weighted by molar-refractivity contribution is 0.0492. The van der Waals surface area contributed by atoms with Crippen molar-refractivity contribution in [1.82, 2.24) is 9.80 Å². The maximum absolute atomic E-state index is 14.8. The molecule has 9 nitrogen and oxygen atoms in total. The Hall–Kier alpha value is -3.36. The second-order valence-electron chi connectivity index (χ2n) is 7.02. The second kappa shape index (κ2) is 7.47. The van der Waals surface area contributed by atoms with Gasteiger partial charge in [-0.05, 0) is 26.0 Å². The summed E-state index contributed by atoms with van der Waals surface area (Å²) in [5.74, 6) is -0.729. The number of oxime groups is 2. The largest absolute Gasteiger partial charge is 0.411 e. The lowest BCUT2D eigenvalue weighted by Crippen LogP contribution is -2.57. The molecule has 158 valence electrons. The van der Waals surface area contributed by atoms with Crippen LogP contribution < -0.4 is 4.90 Å². The predicted molar refractivity (Wildman–Crippen MR) is 108 cm³/mol. The monoisotopic (exact) mass is 435 g/mol. The molecule has 1 saturated heterocycles. The van der Waals surface area contributed by atoms with Gasteiger partial charge in [0, 0.05) is 26.1 Å². The Bertz CT molecular complexity index is 1040. The number of benzene rings is 1. The first-order valence-corrected chi connectivity index (χ1v) is 9.12. The molecule has 0 radical (unpaired) electrons. The van der Waals surface area contributed by atoms with Crippen LogP contribution in [-0.4, -0.2) is 58.2 Å². The molecule has 30 heavy (non-hydrogen) atoms. The number of halogens is 2. The predicted octanol–water partition coefficient (Wildman–Crippen LogP) is 3.76. The zero-order chi connectivity index (χ0) is 22.4. The van der Waals surface area contributed by atoms with E-state index in [4.69, 9.17) is 21.6 Å². The summed E-state index contributed by atoms with van der Waals surface area (Å²) in [5.41, 5.74) is 2.11. The molecule has 1 aromatic carbocycles. The van der Waals surface area contributed by atoms with Gasteiger partial charge in [0.2, 0.25) is 0 Å². The lowest BCUT2D eigenvalue weighted by atomic mass is 9.92. The Morgan fingerprint density at radius 3 is 2.50 bits per heavy atom. The molecule has 3 rings (SSSR count). The van der Waals surface area contributed by atoms with Gasteiger partial charge in [-0.2, -0.15) is 0 Å². The number of imide groups is 1. The van der Waals surface area contributed by atoms with Gasteiger partial charge in [-0.1, -0.05) is 34.2 Å². The molecule has 0 aliphatic carbocycles. The van der Waals surface area contributed by atoms with Crippen molar-refractivity contribution in [1.29, 1.82) is 0 Å². The molecular formula is C19H19ClFN5O4. The normalized spacial score (nSPS) is 22.3. The number of anilines is 1. The molecule has 1 unspecified atom stereocenters. The third-order valence-corrected chi connectivity index (χ3v) is 5.43. The Balaban J connectivity index is 2.06. The van der Waals surface area contributed by atoms with E-state index in [1.165, 1.54) is 20.2 Å². The number of hydrogen-bond donors (Lipinski definition) is 1. The van der Waals surface area contributed by atoms with Gasteiger partial charge in [0.1, 0.15) is 11.5 Å². The van der Waals surface area contributed by atoms with Gasteiger partial charge in [0.15, 0.2) is 11.4 Å². The van der Waals surface area contributed by atoms with E-state index in [1.54, 1.807) is 13.8 Å². The average molecular weight is 436 g/mol. The summed E-state index contributed by atoms with van der Waals surface area (Å²) < 4.78 is 14.8. The molecule has 1 aromatic rings. The van der Waals surface area contributed by atoms with E-state index >= 15 is 0 Å². The van der Waals surface area contributed by atoms with Crippen molar-refractivity contribution in [3.05, 3.63) is 46.7 Å². The van der Waals surface area contributed by atoms with Crippen LogP contribution in [0.4, 0.5) is 19.7 Å². The standard InChI is InChI=1S/C19H19ClFN5O4/c1-6-16-24(4)17(27)26(18(28)25(16)5)15-7-11(12(20)8-13(15)21)14-9-19(3,30-23-14)10(2)22-29/h7-8,29H,1,9H2,2-5H3/b22-10+. The van der Waals surface area contributed by atoms with Crippen molar-refractivity contribution >= 4 is 40.8 Å². The Morgan fingerprint density at radius 2 is 1.97 bits per heavy atom. The molecule has 2 aliphatic rings. The van der Waals surface area contributed by atoms with Crippen molar-refractivity contribution in [2.24, 2.45) is 10.3 Å². The minimum atomic E-state index is -1.01. The van der Waals surface area contributed by atoms with Crippen molar-refractivity contribution in [3.63, 3.8) is 0 Å². The van der Waals surface area contributed by atoms with Crippen LogP contribution in [0, 0.1) is 5.82 Å². The first-order valence-electron chi connectivity index (χ1n) is 8.75. The van der Waals surface area contributed by atoms with Gasteiger partial charge in [-0.3, -0.25) is 9.80 Å². The number of hydrogen-bond acceptors (Lipinski definition) is 6. The summed E-state index contributed by atoms with van der Waals surface area (Å²) in [6.07, 6.45) is 0.179. The lowest BCUT2D eigenvalue weighted by Gasteiger charge is -2.38. The minimum absolute atomic E-state index is 0.0201. The highest BCUT2D eigenvalue weighted by molar-refractivity contribution is 6.34. The molecule has 0 spiro atoms. The van der Waals surface area contributed by atoms with Crippen LogP contribution in [0.1, 0.15) is 25.8 Å². The van der Waals surface area contributed by atoms with Crippen LogP contribution >= 0.6 is 11.6 Å². The number of amides is 4. The average Bonchev–Trinajstić information content (AvgIpc) is 3.11. The van der Waals surface area contributed by atoms with Gasteiger partial charge < -0.3 is 10.0 Å². The molecule has 0 bridgehead atoms. The first kappa shape index (κ1) is 21.4. The smallest absolute Gasteiger partial charge is 0.338 e. The summed E-state index contributed by atoms with van der Waals surface area (Å²) in [7, 11) is 2.83. The molecule has 4 amide bonds. The van der Waals surface area contributed by atoms with Gasteiger partial charge in [0.25, 0.3) is 0 Å². The second-order valence-corrected chi connectivity index (χ2v) is 7.43. The summed E-state index contributed by atoms with van der Waals surface area (Å²) >= 11 is 6.22. The first-order chi connectivity index (χ1) is 14.1. The molecule has 1 atom stereocenters. The highest BCUT2D eigenvalue weighted by Crippen LogP contribution is 2.35. The SMILES string of the molecule is C=C=C1N(C)C(=O)N(c2cc(C3=NOC(C)(/C(C)=N/O)C3)c(Cl)cc2F)C(=O)N1C. The van der Waals surface area contributed by atoms with E-state index in [0.29, 0.717) is 10.6 Å². The van der Waals surface area contributed by atoms with Gasteiger partial charge in [-0.15, -0.1) is 0 Å². The fraction of sp³-hybridized carbons (Fsp3) is 0.316. The molecule has 2 heterocycles. The maximum Gasteiger partial charge on any atom is 0.338 e. The van der Waals surface area contributed by atoms with Crippen LogP contribution in [0.5, 0.6) is 0 Å². The van der Waals surface area contributed by atoms with E-state index in [1.807, 2.05) is 0 Å². The summed E-state index contributed by atoms with van der Waals surface area (Å²) in [4.78, 5) is 33.9. The van der Waals surface area contributed by atoms with E-state index in [9.17, 15) is 14.0 Å². The number of nitrogens with zero attached hydrogens (tertiary/aromatic N) is 5. The quantitative estimate of drug-likeness (QED) is 0.338. The van der Waals surface area contributed by atoms with Gasteiger partial charge >= 0.3 is 12.1 Å². The molecule has 1 N–H and O–H groups in total. The van der Waals surface area contributed by atoms with E-state index in [2.05, 4.69) is 22.6 Å². The number of rotatable bonds is 3. The number of carbonyl (C=O) groups is 2. The zero-order valence-electron chi connectivity index (χ0n) is 16.7. The Morgan fingerprint density at radius 1 is 1.37 bits per heavy atom. The summed E-state index contributed by atoms with van der Waals surface area (Å²) in [6, 6.07) is 0.691. The Labute approximate surface area is 176 Å². The van der Waals surface area contributed by atoms with Crippen LogP contribution in [0.2, 0.25) is 5.02 Å². The van der Waals surface area contributed by atoms with Crippen molar-refractivity contribution in [2.45, 2.75) is 25.9 Å². The zero-order valence-corrected chi connectivity index (χ0v) is 17.5. The highest BCUT2D eigenvalue weighted by Gasteiger charge is 2.42. The molecule has 0 saturated carbocycles. The van der Waals surface area contributed by atoms with Crippen LogP contribution in [-0.2, 0) is 4.84 Å². The highest BCUT2D eigenvalue weighted by atomic mass is 35.5. The van der Waals surface area contributed by atoms with Crippen molar-refractivity contribution in [3.8, 4) is 0 Å². The summed E-state index contributed by atoms with van der Waals surface area (Å²) in [6.45, 7) is 6.70. The minimum Gasteiger partial charge on any atom is -0.411 e. The summed E-state index contributed by atoms with van der Waals surface area (Å²) in [5, 5.41) is 16.2. The van der Waals surface area contributed by atoms with E-state index in [-0.39, 0.29) is 34.2 Å². The molecule has 11 heteroatoms. The van der Waals surface area contributed by atoms with Crippen LogP contribution in [0.3, 0.4) is 0 Å². The van der Waals surface area contributed by atoms with Crippen LogP contribution in [0.25, 0.3) is 0 Å². The van der Waals surface area contributed by atoms with Gasteiger partial charge in [-0.25, -0.2) is 18.9 Å². The maximum atomic E-state index is 14.8. The Kier molecular flexibility index (Phi) is 5.32.